The van der Waals surface area contributed by atoms with Crippen molar-refractivity contribution >= 4 is 8.07 Å². The first kappa shape index (κ1) is 11.9. The average molecular weight is 232 g/mol. The summed E-state index contributed by atoms with van der Waals surface area (Å²) in [5, 5.41) is 1.05. The Bertz CT molecular complexity index is 366. The van der Waals surface area contributed by atoms with E-state index < -0.39 is 8.07 Å². The molecule has 1 fully saturated rings. The highest BCUT2D eigenvalue weighted by atomic mass is 28.3. The maximum Gasteiger partial charge on any atom is 0.0640 e. The van der Waals surface area contributed by atoms with Crippen molar-refractivity contribution in [3.63, 3.8) is 0 Å². The lowest BCUT2D eigenvalue weighted by molar-refractivity contribution is 0.682. The Balaban J connectivity index is 2.41. The van der Waals surface area contributed by atoms with Crippen LogP contribution in [0.1, 0.15) is 39.2 Å². The topological polar surface area (TPSA) is 0 Å². The zero-order valence-corrected chi connectivity index (χ0v) is 12.3. The molecular weight excluding hydrogens is 208 g/mol. The smallest absolute Gasteiger partial charge is 0.0640 e. The Hall–Kier alpha value is -0.563. The number of benzene rings is 1. The molecule has 2 rings (SSSR count). The van der Waals surface area contributed by atoms with E-state index in [1.54, 1.807) is 5.56 Å². The third-order valence-electron chi connectivity index (χ3n) is 5.15. The van der Waals surface area contributed by atoms with Gasteiger partial charge in [0.05, 0.1) is 8.07 Å². The van der Waals surface area contributed by atoms with Gasteiger partial charge in [0.1, 0.15) is 0 Å². The standard InChI is InChI=1S/C15H24Si/c1-14(2,3)16(4,5)15(11-12-15)13-9-7-6-8-10-13/h6-10H,11-12H2,1-5H3. The van der Waals surface area contributed by atoms with Gasteiger partial charge in [0.15, 0.2) is 0 Å². The highest BCUT2D eigenvalue weighted by molar-refractivity contribution is 6.83. The van der Waals surface area contributed by atoms with Crippen LogP contribution in [-0.2, 0) is 5.04 Å². The SMILES string of the molecule is CC(C)(C)[Si](C)(C)C1(c2ccccc2)CC1. The molecular formula is C15H24Si. The number of hydrogen-bond acceptors (Lipinski definition) is 0. The normalized spacial score (nSPS) is 19.6. The summed E-state index contributed by atoms with van der Waals surface area (Å²) in [5.74, 6) is 0. The zero-order chi connectivity index (χ0) is 12.0. The second-order valence-electron chi connectivity index (χ2n) is 6.82. The Morgan fingerprint density at radius 3 is 1.88 bits per heavy atom. The lowest BCUT2D eigenvalue weighted by Gasteiger charge is -2.44. The second kappa shape index (κ2) is 3.46. The van der Waals surface area contributed by atoms with E-state index in [0.717, 1.165) is 0 Å². The fourth-order valence-corrected chi connectivity index (χ4v) is 6.57. The number of hydrogen-bond donors (Lipinski definition) is 0. The molecule has 1 aliphatic carbocycles. The van der Waals surface area contributed by atoms with E-state index >= 15 is 0 Å². The van der Waals surface area contributed by atoms with Crippen molar-refractivity contribution in [3.8, 4) is 0 Å². The van der Waals surface area contributed by atoms with Gasteiger partial charge < -0.3 is 0 Å². The summed E-state index contributed by atoms with van der Waals surface area (Å²) in [5.41, 5.74) is 1.60. The lowest BCUT2D eigenvalue weighted by atomic mass is 10.1. The summed E-state index contributed by atoms with van der Waals surface area (Å²) in [6.07, 6.45) is 2.82. The zero-order valence-electron chi connectivity index (χ0n) is 11.3. The van der Waals surface area contributed by atoms with Gasteiger partial charge in [-0.2, -0.15) is 0 Å². The van der Waals surface area contributed by atoms with Crippen molar-refractivity contribution in [3.05, 3.63) is 35.9 Å². The van der Waals surface area contributed by atoms with Gasteiger partial charge in [-0.3, -0.25) is 0 Å². The first-order valence-electron chi connectivity index (χ1n) is 6.37. The maximum atomic E-state index is 2.58. The molecule has 0 nitrogen and oxygen atoms in total. The van der Waals surface area contributed by atoms with Crippen LogP contribution in [0.15, 0.2) is 30.3 Å². The van der Waals surface area contributed by atoms with E-state index in [4.69, 9.17) is 0 Å². The van der Waals surface area contributed by atoms with Crippen molar-refractivity contribution in [2.24, 2.45) is 0 Å². The third-order valence-corrected chi connectivity index (χ3v) is 12.1. The van der Waals surface area contributed by atoms with Crippen LogP contribution in [0, 0.1) is 0 Å². The minimum absolute atomic E-state index is 0.485. The lowest BCUT2D eigenvalue weighted by Crippen LogP contribution is -2.49. The van der Waals surface area contributed by atoms with Gasteiger partial charge in [-0.05, 0) is 28.5 Å². The van der Waals surface area contributed by atoms with Gasteiger partial charge in [0.2, 0.25) is 0 Å². The largest absolute Gasteiger partial charge is 0.0683 e. The summed E-state index contributed by atoms with van der Waals surface area (Å²) in [4.78, 5) is 0. The van der Waals surface area contributed by atoms with Crippen LogP contribution < -0.4 is 0 Å². The Morgan fingerprint density at radius 2 is 1.50 bits per heavy atom. The predicted molar refractivity (Wildman–Crippen MR) is 74.6 cm³/mol. The van der Waals surface area contributed by atoms with Crippen LogP contribution in [0.25, 0.3) is 0 Å². The van der Waals surface area contributed by atoms with Crippen LogP contribution in [0.3, 0.4) is 0 Å². The highest BCUT2D eigenvalue weighted by Crippen LogP contribution is 2.61. The fraction of sp³-hybridized carbons (Fsp3) is 0.600. The first-order valence-corrected chi connectivity index (χ1v) is 9.37. The van der Waals surface area contributed by atoms with Gasteiger partial charge >= 0.3 is 0 Å². The molecule has 1 aromatic carbocycles. The molecule has 1 aromatic rings. The molecule has 0 spiro atoms. The van der Waals surface area contributed by atoms with E-state index in [1.165, 1.54) is 12.8 Å². The van der Waals surface area contributed by atoms with Crippen molar-refractivity contribution in [2.45, 2.75) is 56.8 Å². The van der Waals surface area contributed by atoms with Gasteiger partial charge in [0.25, 0.3) is 0 Å². The maximum absolute atomic E-state index is 2.58. The Morgan fingerprint density at radius 1 is 1.00 bits per heavy atom. The number of rotatable bonds is 2. The monoisotopic (exact) mass is 232 g/mol. The summed E-state index contributed by atoms with van der Waals surface area (Å²) in [6.45, 7) is 12.5. The molecule has 0 atom stereocenters. The molecule has 0 radical (unpaired) electrons. The van der Waals surface area contributed by atoms with Gasteiger partial charge in [-0.25, -0.2) is 0 Å². The highest BCUT2D eigenvalue weighted by Gasteiger charge is 2.60. The van der Waals surface area contributed by atoms with E-state index in [9.17, 15) is 0 Å². The second-order valence-corrected chi connectivity index (χ2v) is 12.5. The van der Waals surface area contributed by atoms with Gasteiger partial charge in [-0.1, -0.05) is 64.2 Å². The molecule has 0 saturated heterocycles. The minimum atomic E-state index is -1.26. The summed E-state index contributed by atoms with van der Waals surface area (Å²) >= 11 is 0. The molecule has 1 saturated carbocycles. The quantitative estimate of drug-likeness (QED) is 0.645. The van der Waals surface area contributed by atoms with Crippen LogP contribution in [-0.4, -0.2) is 8.07 Å². The molecule has 1 heteroatoms. The van der Waals surface area contributed by atoms with Crippen molar-refractivity contribution in [1.29, 1.82) is 0 Å². The van der Waals surface area contributed by atoms with Crippen molar-refractivity contribution < 1.29 is 0 Å². The van der Waals surface area contributed by atoms with Crippen molar-refractivity contribution in [1.82, 2.24) is 0 Å². The van der Waals surface area contributed by atoms with Crippen LogP contribution in [0.5, 0.6) is 0 Å². The van der Waals surface area contributed by atoms with E-state index in [1.807, 2.05) is 0 Å². The molecule has 1 aliphatic rings. The summed E-state index contributed by atoms with van der Waals surface area (Å²) in [7, 11) is -1.26. The van der Waals surface area contributed by atoms with E-state index in [-0.39, 0.29) is 0 Å². The van der Waals surface area contributed by atoms with Crippen molar-refractivity contribution in [2.75, 3.05) is 0 Å². The molecule has 0 N–H and O–H groups in total. The van der Waals surface area contributed by atoms with E-state index in [0.29, 0.717) is 10.1 Å². The Kier molecular flexibility index (Phi) is 2.58. The Labute approximate surface area is 101 Å². The molecule has 16 heavy (non-hydrogen) atoms. The first-order chi connectivity index (χ1) is 7.31. The molecule has 0 aromatic heterocycles. The molecule has 0 bridgehead atoms. The third kappa shape index (κ3) is 1.57. The van der Waals surface area contributed by atoms with Gasteiger partial charge in [0, 0.05) is 0 Å². The molecule has 0 unspecified atom stereocenters. The van der Waals surface area contributed by atoms with E-state index in [2.05, 4.69) is 64.2 Å². The molecule has 0 heterocycles. The van der Waals surface area contributed by atoms with Gasteiger partial charge in [-0.15, -0.1) is 0 Å². The summed E-state index contributed by atoms with van der Waals surface area (Å²) in [6, 6.07) is 11.2. The predicted octanol–water partition coefficient (Wildman–Crippen LogP) is 4.77. The summed E-state index contributed by atoms with van der Waals surface area (Å²) < 4.78 is 0. The minimum Gasteiger partial charge on any atom is -0.0683 e. The molecule has 88 valence electrons. The molecule has 0 amide bonds. The molecule has 0 aliphatic heterocycles. The average Bonchev–Trinajstić information content (AvgIpc) is 2.98. The van der Waals surface area contributed by atoms with Crippen LogP contribution >= 0.6 is 0 Å². The van der Waals surface area contributed by atoms with Crippen LogP contribution in [0.4, 0.5) is 0 Å². The van der Waals surface area contributed by atoms with Crippen LogP contribution in [0.2, 0.25) is 18.1 Å². The fourth-order valence-electron chi connectivity index (χ4n) is 2.87.